The molecule has 0 unspecified atom stereocenters. The molecule has 1 heterocycles. The highest BCUT2D eigenvalue weighted by Crippen LogP contribution is 2.18. The minimum Gasteiger partial charge on any atom is -0.326 e. The fraction of sp³-hybridized carbons (Fsp3) is 0.143. The summed E-state index contributed by atoms with van der Waals surface area (Å²) in [7, 11) is -3.86. The van der Waals surface area contributed by atoms with E-state index >= 15 is 0 Å². The van der Waals surface area contributed by atoms with Crippen molar-refractivity contribution in [2.45, 2.75) is 18.7 Å². The van der Waals surface area contributed by atoms with E-state index < -0.39 is 15.9 Å². The van der Waals surface area contributed by atoms with Crippen molar-refractivity contribution in [1.82, 2.24) is 9.97 Å². The van der Waals surface area contributed by atoms with E-state index in [1.165, 1.54) is 36.7 Å². The summed E-state index contributed by atoms with van der Waals surface area (Å²) in [6.07, 6.45) is 2.85. The molecule has 0 bridgehead atoms. The van der Waals surface area contributed by atoms with Crippen molar-refractivity contribution < 1.29 is 18.0 Å². The highest BCUT2D eigenvalue weighted by molar-refractivity contribution is 7.92. The number of aromatic nitrogens is 2. The van der Waals surface area contributed by atoms with Gasteiger partial charge in [-0.1, -0.05) is 19.9 Å². The molecule has 0 saturated heterocycles. The molecule has 2 aromatic carbocycles. The lowest BCUT2D eigenvalue weighted by atomic mass is 10.1. The number of amides is 2. The first kappa shape index (κ1) is 21.9. The Bertz CT molecular complexity index is 1180. The average molecular weight is 439 g/mol. The third-order valence-electron chi connectivity index (χ3n) is 4.13. The Morgan fingerprint density at radius 3 is 2.19 bits per heavy atom. The van der Waals surface area contributed by atoms with E-state index in [1.54, 1.807) is 44.2 Å². The van der Waals surface area contributed by atoms with Gasteiger partial charge in [-0.3, -0.25) is 9.59 Å². The molecule has 31 heavy (non-hydrogen) atoms. The first-order valence-electron chi connectivity index (χ1n) is 9.37. The highest BCUT2D eigenvalue weighted by Gasteiger charge is 2.16. The number of sulfonamides is 1. The molecule has 3 aromatic rings. The van der Waals surface area contributed by atoms with Crippen molar-refractivity contribution in [3.05, 3.63) is 72.6 Å². The molecular weight excluding hydrogens is 418 g/mol. The first-order chi connectivity index (χ1) is 14.7. The van der Waals surface area contributed by atoms with Crippen LogP contribution in [0.4, 0.5) is 17.3 Å². The molecule has 0 aliphatic carbocycles. The summed E-state index contributed by atoms with van der Waals surface area (Å²) in [5.41, 5.74) is 1.28. The smallest absolute Gasteiger partial charge is 0.264 e. The van der Waals surface area contributed by atoms with Gasteiger partial charge in [0.2, 0.25) is 11.9 Å². The third kappa shape index (κ3) is 5.86. The molecule has 0 radical (unpaired) electrons. The first-order valence-corrected chi connectivity index (χ1v) is 10.8. The van der Waals surface area contributed by atoms with Crippen LogP contribution in [0.2, 0.25) is 0 Å². The van der Waals surface area contributed by atoms with Crippen LogP contribution in [0, 0.1) is 5.92 Å². The maximum atomic E-state index is 12.5. The molecule has 9 nitrogen and oxygen atoms in total. The van der Waals surface area contributed by atoms with Gasteiger partial charge in [-0.2, -0.15) is 0 Å². The molecule has 0 atom stereocenters. The van der Waals surface area contributed by atoms with Crippen LogP contribution in [-0.4, -0.2) is 30.2 Å². The zero-order chi connectivity index (χ0) is 22.4. The molecule has 1 aromatic heterocycles. The maximum absolute atomic E-state index is 12.5. The minimum atomic E-state index is -3.86. The van der Waals surface area contributed by atoms with E-state index in [2.05, 4.69) is 25.3 Å². The summed E-state index contributed by atoms with van der Waals surface area (Å²) < 4.78 is 27.1. The van der Waals surface area contributed by atoms with Gasteiger partial charge in [0.15, 0.2) is 0 Å². The monoisotopic (exact) mass is 439 g/mol. The number of carbonyl (C=O) groups is 2. The second-order valence-electron chi connectivity index (χ2n) is 6.88. The molecule has 3 N–H and O–H groups in total. The number of benzene rings is 2. The third-order valence-corrected chi connectivity index (χ3v) is 5.47. The molecule has 3 rings (SSSR count). The molecule has 0 aliphatic rings. The Morgan fingerprint density at radius 2 is 1.55 bits per heavy atom. The van der Waals surface area contributed by atoms with E-state index in [4.69, 9.17) is 0 Å². The van der Waals surface area contributed by atoms with Crippen LogP contribution < -0.4 is 15.4 Å². The largest absolute Gasteiger partial charge is 0.326 e. The molecule has 0 spiro atoms. The van der Waals surface area contributed by atoms with Crippen molar-refractivity contribution in [3.63, 3.8) is 0 Å². The summed E-state index contributed by atoms with van der Waals surface area (Å²) in [6.45, 7) is 3.55. The van der Waals surface area contributed by atoms with Crippen LogP contribution in [0.5, 0.6) is 0 Å². The summed E-state index contributed by atoms with van der Waals surface area (Å²) in [6, 6.07) is 13.8. The van der Waals surface area contributed by atoms with E-state index in [9.17, 15) is 18.0 Å². The molecule has 160 valence electrons. The normalized spacial score (nSPS) is 11.1. The van der Waals surface area contributed by atoms with Crippen LogP contribution in [0.3, 0.4) is 0 Å². The van der Waals surface area contributed by atoms with E-state index in [1.807, 2.05) is 0 Å². The zero-order valence-corrected chi connectivity index (χ0v) is 17.7. The topological polar surface area (TPSA) is 130 Å². The van der Waals surface area contributed by atoms with Gasteiger partial charge in [0.1, 0.15) is 0 Å². The number of anilines is 3. The summed E-state index contributed by atoms with van der Waals surface area (Å²) >= 11 is 0. The Kier molecular flexibility index (Phi) is 6.61. The number of rotatable bonds is 7. The van der Waals surface area contributed by atoms with E-state index in [0.29, 0.717) is 16.9 Å². The zero-order valence-electron chi connectivity index (χ0n) is 16.9. The summed E-state index contributed by atoms with van der Waals surface area (Å²) in [5, 5.41) is 5.44. The number of hydrogen-bond donors (Lipinski definition) is 3. The van der Waals surface area contributed by atoms with Crippen LogP contribution in [-0.2, 0) is 14.8 Å². The van der Waals surface area contributed by atoms with Crippen molar-refractivity contribution >= 4 is 39.2 Å². The molecule has 0 aliphatic heterocycles. The number of carbonyl (C=O) groups excluding carboxylic acids is 2. The molecule has 10 heteroatoms. The standard InChI is InChI=1S/C21H21N5O4S/c1-14(2)19(27)25-17-6-3-5-15(13-17)20(28)24-16-7-9-18(10-8-16)31(29,30)26-21-22-11-4-12-23-21/h3-14H,1-2H3,(H,24,28)(H,25,27)(H,22,23,26). The molecular formula is C21H21N5O4S. The van der Waals surface area contributed by atoms with Gasteiger partial charge < -0.3 is 10.6 Å². The minimum absolute atomic E-state index is 0.00338. The molecule has 2 amide bonds. The molecule has 0 saturated carbocycles. The summed E-state index contributed by atoms with van der Waals surface area (Å²) in [4.78, 5) is 32.0. The van der Waals surface area contributed by atoms with Crippen molar-refractivity contribution in [1.29, 1.82) is 0 Å². The van der Waals surface area contributed by atoms with Gasteiger partial charge in [-0.15, -0.1) is 0 Å². The lowest BCUT2D eigenvalue weighted by molar-refractivity contribution is -0.118. The summed E-state index contributed by atoms with van der Waals surface area (Å²) in [5.74, 6) is -0.768. The fourth-order valence-corrected chi connectivity index (χ4v) is 3.43. The number of hydrogen-bond acceptors (Lipinski definition) is 6. The van der Waals surface area contributed by atoms with E-state index in [-0.39, 0.29) is 22.7 Å². The average Bonchev–Trinajstić information content (AvgIpc) is 2.74. The lowest BCUT2D eigenvalue weighted by Crippen LogP contribution is -2.18. The van der Waals surface area contributed by atoms with E-state index in [0.717, 1.165) is 0 Å². The predicted molar refractivity (Wildman–Crippen MR) is 117 cm³/mol. The lowest BCUT2D eigenvalue weighted by Gasteiger charge is -2.10. The van der Waals surface area contributed by atoms with Crippen LogP contribution in [0.25, 0.3) is 0 Å². The quantitative estimate of drug-likeness (QED) is 0.518. The van der Waals surface area contributed by atoms with Crippen molar-refractivity contribution in [3.8, 4) is 0 Å². The van der Waals surface area contributed by atoms with Gasteiger partial charge in [-0.25, -0.2) is 23.1 Å². The SMILES string of the molecule is CC(C)C(=O)Nc1cccc(C(=O)Nc2ccc(S(=O)(=O)Nc3ncccn3)cc2)c1. The van der Waals surface area contributed by atoms with Crippen LogP contribution in [0.15, 0.2) is 71.9 Å². The second-order valence-corrected chi connectivity index (χ2v) is 8.56. The Balaban J connectivity index is 1.68. The second kappa shape index (κ2) is 9.35. The predicted octanol–water partition coefficient (Wildman–Crippen LogP) is 3.12. The van der Waals surface area contributed by atoms with Gasteiger partial charge >= 0.3 is 0 Å². The van der Waals surface area contributed by atoms with Gasteiger partial charge in [-0.05, 0) is 48.5 Å². The Labute approximate surface area is 180 Å². The van der Waals surface area contributed by atoms with Crippen molar-refractivity contribution in [2.75, 3.05) is 15.4 Å². The van der Waals surface area contributed by atoms with Gasteiger partial charge in [0.25, 0.3) is 15.9 Å². The Hall–Kier alpha value is -3.79. The maximum Gasteiger partial charge on any atom is 0.264 e. The van der Waals surface area contributed by atoms with Gasteiger partial charge in [0, 0.05) is 35.2 Å². The van der Waals surface area contributed by atoms with Crippen molar-refractivity contribution in [2.24, 2.45) is 5.92 Å². The van der Waals surface area contributed by atoms with Crippen LogP contribution >= 0.6 is 0 Å². The fourth-order valence-electron chi connectivity index (χ4n) is 2.48. The Morgan fingerprint density at radius 1 is 0.871 bits per heavy atom. The van der Waals surface area contributed by atoms with Gasteiger partial charge in [0.05, 0.1) is 4.90 Å². The van der Waals surface area contributed by atoms with Crippen LogP contribution in [0.1, 0.15) is 24.2 Å². The molecule has 0 fully saturated rings. The highest BCUT2D eigenvalue weighted by atomic mass is 32.2. The number of nitrogens with one attached hydrogen (secondary N) is 3. The number of nitrogens with zero attached hydrogens (tertiary/aromatic N) is 2.